The lowest BCUT2D eigenvalue weighted by Gasteiger charge is -2.55. The molecule has 0 unspecified atom stereocenters. The summed E-state index contributed by atoms with van der Waals surface area (Å²) in [6, 6.07) is 5.26. The van der Waals surface area contributed by atoms with Gasteiger partial charge in [-0.15, -0.1) is 10.2 Å². The number of nitrogens with one attached hydrogen (secondary N) is 1. The van der Waals surface area contributed by atoms with E-state index in [4.69, 9.17) is 4.42 Å². The molecule has 2 bridgehead atoms. The number of hydrogen-bond acceptors (Lipinski definition) is 6. The van der Waals surface area contributed by atoms with Crippen LogP contribution in [0.1, 0.15) is 55.9 Å². The Morgan fingerprint density at radius 3 is 2.79 bits per heavy atom. The third kappa shape index (κ3) is 3.30. The van der Waals surface area contributed by atoms with Crippen LogP contribution in [0.4, 0.5) is 14.9 Å². The zero-order valence-electron chi connectivity index (χ0n) is 18.4. The zero-order chi connectivity index (χ0) is 22.7. The minimum atomic E-state index is -0.610. The van der Waals surface area contributed by atoms with Gasteiger partial charge in [-0.1, -0.05) is 19.1 Å². The number of anilines is 1. The van der Waals surface area contributed by atoms with E-state index in [1.807, 2.05) is 19.1 Å². The molecule has 168 valence electrons. The molecule has 33 heavy (non-hydrogen) atoms. The van der Waals surface area contributed by atoms with Crippen LogP contribution < -0.4 is 5.32 Å². The van der Waals surface area contributed by atoms with Gasteiger partial charge in [0.1, 0.15) is 5.54 Å². The SMILES string of the molecule is Cc1ccc(NC(=O)N2C3=C[C@@H](C)C[C@@]2(c2nnc(C4CC4)o2)C3)cc1-c1ncc(F)cn1. The summed E-state index contributed by atoms with van der Waals surface area (Å²) in [4.78, 5) is 23.3. The van der Waals surface area contributed by atoms with Gasteiger partial charge in [0.15, 0.2) is 11.6 Å². The Balaban J connectivity index is 1.29. The molecule has 0 spiro atoms. The molecule has 1 aliphatic carbocycles. The van der Waals surface area contributed by atoms with Gasteiger partial charge < -0.3 is 9.73 Å². The normalized spacial score (nSPS) is 23.7. The van der Waals surface area contributed by atoms with Crippen molar-refractivity contribution in [2.24, 2.45) is 5.92 Å². The second-order valence-corrected chi connectivity index (χ2v) is 9.29. The minimum Gasteiger partial charge on any atom is -0.422 e. The van der Waals surface area contributed by atoms with Crippen molar-refractivity contribution >= 4 is 11.7 Å². The summed E-state index contributed by atoms with van der Waals surface area (Å²) in [5.41, 5.74) is 2.61. The molecule has 1 N–H and O–H groups in total. The van der Waals surface area contributed by atoms with E-state index in [0.29, 0.717) is 41.5 Å². The zero-order valence-corrected chi connectivity index (χ0v) is 18.4. The first-order chi connectivity index (χ1) is 15.9. The summed E-state index contributed by atoms with van der Waals surface area (Å²) < 4.78 is 19.3. The molecule has 6 rings (SSSR count). The summed E-state index contributed by atoms with van der Waals surface area (Å²) in [6.07, 6.45) is 7.99. The topological polar surface area (TPSA) is 97.0 Å². The Morgan fingerprint density at radius 2 is 2.03 bits per heavy atom. The van der Waals surface area contributed by atoms with Gasteiger partial charge in [-0.2, -0.15) is 0 Å². The highest BCUT2D eigenvalue weighted by molar-refractivity contribution is 5.93. The fourth-order valence-corrected chi connectivity index (χ4v) is 4.93. The second-order valence-electron chi connectivity index (χ2n) is 9.29. The molecular formula is C24H23FN6O2. The van der Waals surface area contributed by atoms with Crippen LogP contribution >= 0.6 is 0 Å². The number of fused-ring (bicyclic) bond motifs is 2. The van der Waals surface area contributed by atoms with Crippen molar-refractivity contribution < 1.29 is 13.6 Å². The minimum absolute atomic E-state index is 0.250. The number of benzene rings is 1. The van der Waals surface area contributed by atoms with Crippen molar-refractivity contribution in [3.05, 3.63) is 65.5 Å². The predicted molar refractivity (Wildman–Crippen MR) is 117 cm³/mol. The number of amides is 2. The summed E-state index contributed by atoms with van der Waals surface area (Å²) in [6.45, 7) is 4.05. The smallest absolute Gasteiger partial charge is 0.327 e. The van der Waals surface area contributed by atoms with Crippen LogP contribution in [-0.2, 0) is 5.54 Å². The number of urea groups is 1. The highest BCUT2D eigenvalue weighted by Crippen LogP contribution is 2.55. The molecule has 2 aromatic heterocycles. The molecule has 1 saturated carbocycles. The predicted octanol–water partition coefficient (Wildman–Crippen LogP) is 4.91. The molecule has 2 amide bonds. The van der Waals surface area contributed by atoms with Crippen molar-refractivity contribution in [1.29, 1.82) is 0 Å². The molecule has 2 aliphatic heterocycles. The number of halogens is 1. The Bertz CT molecular complexity index is 1280. The summed E-state index contributed by atoms with van der Waals surface area (Å²) in [7, 11) is 0. The number of rotatable bonds is 4. The van der Waals surface area contributed by atoms with E-state index in [1.54, 1.807) is 11.0 Å². The number of carbonyl (C=O) groups excluding carboxylic acids is 1. The van der Waals surface area contributed by atoms with Crippen LogP contribution in [0.2, 0.25) is 0 Å². The lowest BCUT2D eigenvalue weighted by atomic mass is 9.70. The molecule has 9 heteroatoms. The number of hydrogen-bond donors (Lipinski definition) is 1. The van der Waals surface area contributed by atoms with Crippen LogP contribution in [0.25, 0.3) is 11.4 Å². The first-order valence-corrected chi connectivity index (χ1v) is 11.2. The summed E-state index contributed by atoms with van der Waals surface area (Å²) in [5, 5.41) is 11.6. The Kier molecular flexibility index (Phi) is 4.36. The molecule has 0 radical (unpaired) electrons. The van der Waals surface area contributed by atoms with Gasteiger partial charge >= 0.3 is 6.03 Å². The third-order valence-electron chi connectivity index (χ3n) is 6.64. The van der Waals surface area contributed by atoms with Gasteiger partial charge in [-0.3, -0.25) is 4.90 Å². The molecule has 1 saturated heterocycles. The highest BCUT2D eigenvalue weighted by atomic mass is 19.1. The molecule has 8 nitrogen and oxygen atoms in total. The lowest BCUT2D eigenvalue weighted by molar-refractivity contribution is 0.0177. The van der Waals surface area contributed by atoms with Crippen LogP contribution in [0.3, 0.4) is 0 Å². The molecule has 2 fully saturated rings. The van der Waals surface area contributed by atoms with Crippen molar-refractivity contribution in [2.45, 2.75) is 51.0 Å². The number of nitrogens with zero attached hydrogens (tertiary/aromatic N) is 5. The largest absolute Gasteiger partial charge is 0.422 e. The fourth-order valence-electron chi connectivity index (χ4n) is 4.93. The monoisotopic (exact) mass is 446 g/mol. The first-order valence-electron chi connectivity index (χ1n) is 11.2. The Morgan fingerprint density at radius 1 is 1.24 bits per heavy atom. The molecular weight excluding hydrogens is 423 g/mol. The van der Waals surface area contributed by atoms with E-state index < -0.39 is 11.4 Å². The van der Waals surface area contributed by atoms with Crippen LogP contribution in [-0.4, -0.2) is 31.1 Å². The Labute approximate surface area is 189 Å². The fraction of sp³-hybridized carbons (Fsp3) is 0.375. The van der Waals surface area contributed by atoms with Gasteiger partial charge in [-0.25, -0.2) is 19.2 Å². The number of aromatic nitrogens is 4. The van der Waals surface area contributed by atoms with Crippen LogP contribution in [0.5, 0.6) is 0 Å². The van der Waals surface area contributed by atoms with Crippen molar-refractivity contribution in [3.8, 4) is 11.4 Å². The summed E-state index contributed by atoms with van der Waals surface area (Å²) in [5.74, 6) is 1.78. The molecule has 3 aliphatic rings. The van der Waals surface area contributed by atoms with Crippen LogP contribution in [0.15, 0.2) is 46.8 Å². The number of allylic oxidation sites excluding steroid dienone is 1. The quantitative estimate of drug-likeness (QED) is 0.612. The molecule has 4 heterocycles. The van der Waals surface area contributed by atoms with E-state index in [1.165, 1.54) is 0 Å². The maximum absolute atomic E-state index is 13.4. The van der Waals surface area contributed by atoms with Gasteiger partial charge in [0.25, 0.3) is 0 Å². The summed E-state index contributed by atoms with van der Waals surface area (Å²) >= 11 is 0. The number of carbonyl (C=O) groups is 1. The first kappa shape index (κ1) is 20.0. The average Bonchev–Trinajstić information content (AvgIpc) is 3.51. The van der Waals surface area contributed by atoms with Gasteiger partial charge in [-0.05, 0) is 49.8 Å². The van der Waals surface area contributed by atoms with Gasteiger partial charge in [0.05, 0.1) is 12.4 Å². The van der Waals surface area contributed by atoms with E-state index >= 15 is 0 Å². The van der Waals surface area contributed by atoms with E-state index in [-0.39, 0.29) is 6.03 Å². The molecule has 3 aromatic rings. The van der Waals surface area contributed by atoms with Crippen LogP contribution in [0, 0.1) is 18.7 Å². The third-order valence-corrected chi connectivity index (χ3v) is 6.64. The molecule has 1 aromatic carbocycles. The van der Waals surface area contributed by atoms with Gasteiger partial charge in [0, 0.05) is 29.3 Å². The average molecular weight is 446 g/mol. The number of aryl methyl sites for hydroxylation is 1. The van der Waals surface area contributed by atoms with Crippen molar-refractivity contribution in [3.63, 3.8) is 0 Å². The van der Waals surface area contributed by atoms with E-state index in [2.05, 4.69) is 38.5 Å². The molecule has 2 atom stereocenters. The maximum atomic E-state index is 13.4. The van der Waals surface area contributed by atoms with Gasteiger partial charge in [0.2, 0.25) is 11.8 Å². The second kappa shape index (κ2) is 7.19. The van der Waals surface area contributed by atoms with Crippen molar-refractivity contribution in [1.82, 2.24) is 25.1 Å². The lowest BCUT2D eigenvalue weighted by Crippen LogP contribution is -2.62. The maximum Gasteiger partial charge on any atom is 0.327 e. The van der Waals surface area contributed by atoms with E-state index in [0.717, 1.165) is 48.5 Å². The van der Waals surface area contributed by atoms with Crippen molar-refractivity contribution in [2.75, 3.05) is 5.32 Å². The Hall–Kier alpha value is -3.62. The highest BCUT2D eigenvalue weighted by Gasteiger charge is 2.59. The standard InChI is InChI=1S/C24H23FN6O2/c1-13-7-18-10-24(9-13,22-30-29-21(33-22)15-4-5-15)31(18)23(32)28-17-6-3-14(2)19(8-17)20-26-11-16(25)12-27-20/h3,6-8,11-13,15H,4-5,9-10H2,1-2H3,(H,28,32)/t13-,24+/m1/s1. The van der Waals surface area contributed by atoms with E-state index in [9.17, 15) is 9.18 Å².